The smallest absolute Gasteiger partial charge is 0.338 e. The third-order valence-electron chi connectivity index (χ3n) is 4.58. The molecule has 0 aliphatic heterocycles. The third kappa shape index (κ3) is 6.97. The Balaban J connectivity index is 2.26. The van der Waals surface area contributed by atoms with Gasteiger partial charge in [0.15, 0.2) is 11.6 Å². The number of nitrogens with zero attached hydrogens (tertiary/aromatic N) is 1. The number of halogens is 2. The molecule has 10 nitrogen and oxygen atoms in total. The minimum Gasteiger partial charge on any atom is -0.338 e. The van der Waals surface area contributed by atoms with Crippen LogP contribution in [0.5, 0.6) is 0 Å². The Kier molecular flexibility index (Phi) is 8.86. The molecular formula is C22H19F2N3O7S. The number of carbonyl (C=O) groups excluding carboxylic acids is 3. The molecule has 0 radical (unpaired) electrons. The number of carbonyl (C=O) groups is 3. The van der Waals surface area contributed by atoms with Crippen molar-refractivity contribution in [3.05, 3.63) is 52.3 Å². The fourth-order valence-corrected chi connectivity index (χ4v) is 3.32. The van der Waals surface area contributed by atoms with Gasteiger partial charge in [0.05, 0.1) is 18.7 Å². The molecule has 3 N–H and O–H groups in total. The van der Waals surface area contributed by atoms with Crippen molar-refractivity contribution in [2.45, 2.75) is 20.4 Å². The van der Waals surface area contributed by atoms with E-state index >= 15 is 0 Å². The van der Waals surface area contributed by atoms with Gasteiger partial charge >= 0.3 is 10.4 Å². The van der Waals surface area contributed by atoms with Crippen LogP contribution in [0.2, 0.25) is 0 Å². The van der Waals surface area contributed by atoms with Crippen molar-refractivity contribution in [2.75, 3.05) is 18.5 Å². The summed E-state index contributed by atoms with van der Waals surface area (Å²) in [7, 11) is -4.65. The molecule has 35 heavy (non-hydrogen) atoms. The number of ketones is 1. The molecule has 2 amide bonds. The van der Waals surface area contributed by atoms with Crippen LogP contribution >= 0.6 is 0 Å². The quantitative estimate of drug-likeness (QED) is 0.212. The zero-order valence-electron chi connectivity index (χ0n) is 18.4. The molecule has 0 saturated carbocycles. The van der Waals surface area contributed by atoms with Crippen molar-refractivity contribution in [1.29, 1.82) is 0 Å². The zero-order chi connectivity index (χ0) is 26.3. The summed E-state index contributed by atoms with van der Waals surface area (Å²) >= 11 is 0. The lowest BCUT2D eigenvalue weighted by Gasteiger charge is -2.10. The summed E-state index contributed by atoms with van der Waals surface area (Å²) in [5, 5.41) is 4.62. The molecule has 0 fully saturated rings. The molecule has 1 aromatic carbocycles. The highest BCUT2D eigenvalue weighted by molar-refractivity contribution is 7.80. The van der Waals surface area contributed by atoms with Crippen LogP contribution in [0.15, 0.2) is 18.2 Å². The molecule has 0 unspecified atom stereocenters. The maximum Gasteiger partial charge on any atom is 0.398 e. The molecule has 0 saturated heterocycles. The molecule has 0 aliphatic carbocycles. The van der Waals surface area contributed by atoms with Gasteiger partial charge in [-0.15, -0.1) is 6.42 Å². The van der Waals surface area contributed by atoms with E-state index < -0.39 is 46.2 Å². The van der Waals surface area contributed by atoms with Crippen LogP contribution in [0.4, 0.5) is 14.5 Å². The van der Waals surface area contributed by atoms with Crippen molar-refractivity contribution < 1.29 is 40.3 Å². The molecule has 0 bridgehead atoms. The molecule has 1 aromatic heterocycles. The summed E-state index contributed by atoms with van der Waals surface area (Å²) in [6.07, 6.45) is 5.38. The van der Waals surface area contributed by atoms with Crippen LogP contribution in [0.3, 0.4) is 0 Å². The number of terminal acetylenes is 1. The number of Topliss-reactive ketones (excluding diaryl/α,β-unsaturated/α-hetero) is 1. The fraction of sp³-hybridized carbons (Fsp3) is 0.227. The first-order valence-corrected chi connectivity index (χ1v) is 11.0. The van der Waals surface area contributed by atoms with Gasteiger partial charge in [-0.25, -0.2) is 13.0 Å². The van der Waals surface area contributed by atoms with Gasteiger partial charge in [0.2, 0.25) is 0 Å². The summed E-state index contributed by atoms with van der Waals surface area (Å²) in [6.45, 7) is 1.78. The summed E-state index contributed by atoms with van der Waals surface area (Å²) in [4.78, 5) is 38.0. The largest absolute Gasteiger partial charge is 0.398 e. The van der Waals surface area contributed by atoms with E-state index in [1.165, 1.54) is 18.4 Å². The number of aromatic nitrogens is 1. The monoisotopic (exact) mass is 507 g/mol. The van der Waals surface area contributed by atoms with E-state index in [0.717, 1.165) is 18.2 Å². The Morgan fingerprint density at radius 2 is 1.86 bits per heavy atom. The Morgan fingerprint density at radius 1 is 1.17 bits per heavy atom. The maximum absolute atomic E-state index is 13.5. The van der Waals surface area contributed by atoms with Crippen LogP contribution in [-0.4, -0.2) is 48.3 Å². The zero-order valence-corrected chi connectivity index (χ0v) is 19.3. The number of hydrogen-bond acceptors (Lipinski definition) is 6. The Hall–Kier alpha value is -4.04. The fourth-order valence-electron chi connectivity index (χ4n) is 3.11. The molecule has 13 heteroatoms. The predicted octanol–water partition coefficient (Wildman–Crippen LogP) is 1.39. The van der Waals surface area contributed by atoms with E-state index in [1.54, 1.807) is 0 Å². The first-order valence-electron chi connectivity index (χ1n) is 9.67. The van der Waals surface area contributed by atoms with Crippen molar-refractivity contribution in [3.63, 3.8) is 0 Å². The highest BCUT2D eigenvalue weighted by Gasteiger charge is 2.29. The number of benzene rings is 1. The van der Waals surface area contributed by atoms with Crippen molar-refractivity contribution in [2.24, 2.45) is 0 Å². The van der Waals surface area contributed by atoms with Crippen LogP contribution < -0.4 is 10.6 Å². The van der Waals surface area contributed by atoms with Gasteiger partial charge in [-0.1, -0.05) is 17.8 Å². The Bertz CT molecular complexity index is 1400. The number of amides is 2. The molecule has 0 spiro atoms. The predicted molar refractivity (Wildman–Crippen MR) is 120 cm³/mol. The standard InChI is InChI=1S/C22H19F2N3O7S/c1-4-10-27-14(3)18(20(28)22(30)25-9-5-6-11-34-35(31,32)33)13(2)19(27)21(29)26-15-7-8-16(23)17(24)12-15/h1,7-8,12H,9-11H2,2-3H3,(H,25,30)(H,26,29)(H,31,32,33). The lowest BCUT2D eigenvalue weighted by molar-refractivity contribution is -0.116. The summed E-state index contributed by atoms with van der Waals surface area (Å²) in [6, 6.07) is 2.76. The second-order valence-electron chi connectivity index (χ2n) is 6.86. The molecule has 184 valence electrons. The Morgan fingerprint density at radius 3 is 2.46 bits per heavy atom. The number of hydrogen-bond donors (Lipinski definition) is 3. The van der Waals surface area contributed by atoms with Crippen LogP contribution in [0.25, 0.3) is 0 Å². The molecule has 0 atom stereocenters. The van der Waals surface area contributed by atoms with Crippen LogP contribution in [0.1, 0.15) is 32.1 Å². The van der Waals surface area contributed by atoms with Crippen LogP contribution in [-0.2, 0) is 25.9 Å². The van der Waals surface area contributed by atoms with Gasteiger partial charge in [0.25, 0.3) is 17.6 Å². The van der Waals surface area contributed by atoms with E-state index in [9.17, 15) is 31.6 Å². The Labute approximate surface area is 199 Å². The molecule has 0 aliphatic rings. The summed E-state index contributed by atoms with van der Waals surface area (Å²) in [5.74, 6) is 1.79. The molecular weight excluding hydrogens is 488 g/mol. The van der Waals surface area contributed by atoms with Gasteiger partial charge in [-0.2, -0.15) is 8.42 Å². The van der Waals surface area contributed by atoms with E-state index in [0.29, 0.717) is 0 Å². The topological polar surface area (TPSA) is 144 Å². The lowest BCUT2D eigenvalue weighted by Crippen LogP contribution is -2.32. The average Bonchev–Trinajstić information content (AvgIpc) is 3.01. The number of nitrogens with one attached hydrogen (secondary N) is 2. The third-order valence-corrected chi connectivity index (χ3v) is 5.00. The van der Waals surface area contributed by atoms with Crippen LogP contribution in [0, 0.1) is 49.7 Å². The minimum absolute atomic E-state index is 0.0402. The first-order chi connectivity index (χ1) is 16.4. The van der Waals surface area contributed by atoms with E-state index in [4.69, 9.17) is 11.0 Å². The highest BCUT2D eigenvalue weighted by Crippen LogP contribution is 2.24. The summed E-state index contributed by atoms with van der Waals surface area (Å²) < 4.78 is 61.2. The van der Waals surface area contributed by atoms with Gasteiger partial charge < -0.3 is 15.2 Å². The van der Waals surface area contributed by atoms with Crippen molar-refractivity contribution in [3.8, 4) is 24.2 Å². The van der Waals surface area contributed by atoms with E-state index in [-0.39, 0.29) is 41.3 Å². The molecule has 2 aromatic rings. The summed E-state index contributed by atoms with van der Waals surface area (Å²) in [5.41, 5.74) is 0.176. The minimum atomic E-state index is -4.65. The average molecular weight is 507 g/mol. The molecule has 1 heterocycles. The van der Waals surface area contributed by atoms with E-state index in [1.807, 2.05) is 0 Å². The van der Waals surface area contributed by atoms with Crippen molar-refractivity contribution >= 4 is 33.7 Å². The number of anilines is 1. The number of rotatable bonds is 8. The van der Waals surface area contributed by atoms with Crippen molar-refractivity contribution in [1.82, 2.24) is 9.88 Å². The van der Waals surface area contributed by atoms with Gasteiger partial charge in [0, 0.05) is 17.4 Å². The normalized spacial score (nSPS) is 10.6. The highest BCUT2D eigenvalue weighted by atomic mass is 32.3. The first kappa shape index (κ1) is 27.2. The second kappa shape index (κ2) is 11.4. The SMILES string of the molecule is C#CCn1c(C)c(C(=O)C(=O)NCC#CCOS(=O)(=O)O)c(C)c1C(=O)Nc1ccc(F)c(F)c1. The maximum atomic E-state index is 13.5. The molecule has 2 rings (SSSR count). The second-order valence-corrected chi connectivity index (χ2v) is 7.95. The van der Waals surface area contributed by atoms with Gasteiger partial charge in [-0.05, 0) is 31.5 Å². The van der Waals surface area contributed by atoms with Gasteiger partial charge in [-0.3, -0.25) is 18.9 Å². The lowest BCUT2D eigenvalue weighted by atomic mass is 10.0. The van der Waals surface area contributed by atoms with E-state index in [2.05, 4.69) is 32.6 Å². The van der Waals surface area contributed by atoms with Gasteiger partial charge in [0.1, 0.15) is 12.3 Å².